The first-order valence-corrected chi connectivity index (χ1v) is 2.02. The van der Waals surface area contributed by atoms with Crippen molar-refractivity contribution < 1.29 is 13.2 Å². The maximum atomic E-state index is 11.7. The fourth-order valence-electron chi connectivity index (χ4n) is 0.172. The van der Waals surface area contributed by atoms with Crippen LogP contribution in [0.2, 0.25) is 0 Å². The predicted octanol–water partition coefficient (Wildman–Crippen LogP) is 1.41. The maximum Gasteiger partial charge on any atom is 0.303 e. The van der Waals surface area contributed by atoms with Gasteiger partial charge in [-0.05, 0) is 6.92 Å². The van der Waals surface area contributed by atoms with E-state index >= 15 is 0 Å². The Hall–Kier alpha value is -0.510. The summed E-state index contributed by atoms with van der Waals surface area (Å²) in [6.07, 6.45) is -2.33. The molecule has 0 saturated heterocycles. The molecule has 0 aliphatic heterocycles. The molecular weight excluding hydrogens is 119 g/mol. The number of nitrogens with two attached hydrogens (primary N) is 1. The summed E-state index contributed by atoms with van der Waals surface area (Å²) >= 11 is 0. The normalized spacial score (nSPS) is 13.1. The van der Waals surface area contributed by atoms with E-state index in [0.717, 1.165) is 6.92 Å². The molecule has 0 aromatic carbocycles. The zero-order valence-electron chi connectivity index (χ0n) is 4.29. The van der Waals surface area contributed by atoms with Crippen LogP contribution in [0.15, 0.2) is 11.9 Å². The molecule has 0 saturated carbocycles. The first kappa shape index (κ1) is 7.49. The van der Waals surface area contributed by atoms with Gasteiger partial charge in [0.25, 0.3) is 0 Å². The monoisotopic (exact) mass is 125 g/mol. The van der Waals surface area contributed by atoms with Gasteiger partial charge in [0.05, 0.1) is 6.04 Å². The Bertz CT molecular complexity index is 104. The molecule has 0 bridgehead atoms. The van der Waals surface area contributed by atoms with Crippen LogP contribution in [0, 0.1) is 0 Å². The molecule has 0 aliphatic carbocycles. The second-order valence-electron chi connectivity index (χ2n) is 1.40. The van der Waals surface area contributed by atoms with Gasteiger partial charge in [-0.1, -0.05) is 0 Å². The molecule has 48 valence electrons. The molecular formula is C4H6F3N. The zero-order valence-corrected chi connectivity index (χ0v) is 4.29. The fraction of sp³-hybridized carbons (Fsp3) is 0.500. The highest BCUT2D eigenvalue weighted by molar-refractivity contribution is 4.98. The second-order valence-corrected chi connectivity index (χ2v) is 1.40. The summed E-state index contributed by atoms with van der Waals surface area (Å²) in [7, 11) is 0. The molecule has 0 aliphatic rings. The highest BCUT2D eigenvalue weighted by atomic mass is 19.3. The molecule has 8 heavy (non-hydrogen) atoms. The van der Waals surface area contributed by atoms with Gasteiger partial charge in [0.1, 0.15) is 0 Å². The maximum absolute atomic E-state index is 11.7. The van der Waals surface area contributed by atoms with Crippen molar-refractivity contribution in [2.45, 2.75) is 13.0 Å². The Morgan fingerprint density at radius 3 is 1.75 bits per heavy atom. The summed E-state index contributed by atoms with van der Waals surface area (Å²) in [5.41, 5.74) is 4.72. The summed E-state index contributed by atoms with van der Waals surface area (Å²) in [4.78, 5) is 0. The lowest BCUT2D eigenvalue weighted by atomic mass is 10.3. The van der Waals surface area contributed by atoms with E-state index in [0.29, 0.717) is 0 Å². The van der Waals surface area contributed by atoms with Gasteiger partial charge in [-0.15, -0.1) is 0 Å². The van der Waals surface area contributed by atoms with Crippen LogP contribution in [0.4, 0.5) is 13.2 Å². The van der Waals surface area contributed by atoms with E-state index in [4.69, 9.17) is 5.73 Å². The Labute approximate surface area is 45.0 Å². The summed E-state index contributed by atoms with van der Waals surface area (Å²) in [6.45, 7) is 1.15. The molecule has 0 aromatic rings. The second kappa shape index (κ2) is 2.71. The third kappa shape index (κ3) is 1.97. The van der Waals surface area contributed by atoms with Crippen molar-refractivity contribution >= 4 is 0 Å². The van der Waals surface area contributed by atoms with Crippen LogP contribution in [0.5, 0.6) is 0 Å². The van der Waals surface area contributed by atoms with Crippen molar-refractivity contribution in [2.24, 2.45) is 5.73 Å². The molecule has 0 aromatic heterocycles. The van der Waals surface area contributed by atoms with Crippen molar-refractivity contribution in [1.82, 2.24) is 0 Å². The van der Waals surface area contributed by atoms with Gasteiger partial charge in [0.15, 0.2) is 5.83 Å². The molecule has 0 amide bonds. The highest BCUT2D eigenvalue weighted by Crippen LogP contribution is 2.10. The molecule has 0 rings (SSSR count). The lowest BCUT2D eigenvalue weighted by Gasteiger charge is -1.96. The SMILES string of the molecule is CC(N)C(F)=C(F)F. The molecule has 1 unspecified atom stereocenters. The van der Waals surface area contributed by atoms with E-state index in [1.807, 2.05) is 0 Å². The van der Waals surface area contributed by atoms with Crippen molar-refractivity contribution in [3.05, 3.63) is 11.9 Å². The minimum absolute atomic E-state index is 1.15. The molecule has 1 nitrogen and oxygen atoms in total. The fourth-order valence-corrected chi connectivity index (χ4v) is 0.172. The standard InChI is InChI=1S/C4H6F3N/c1-2(8)3(5)4(6)7/h2H,8H2,1H3. The Morgan fingerprint density at radius 1 is 1.38 bits per heavy atom. The van der Waals surface area contributed by atoms with E-state index in [1.165, 1.54) is 0 Å². The van der Waals surface area contributed by atoms with Gasteiger partial charge >= 0.3 is 6.08 Å². The predicted molar refractivity (Wildman–Crippen MR) is 24.0 cm³/mol. The minimum atomic E-state index is -2.33. The van der Waals surface area contributed by atoms with E-state index in [2.05, 4.69) is 0 Å². The Morgan fingerprint density at radius 2 is 1.75 bits per heavy atom. The summed E-state index contributed by atoms with van der Waals surface area (Å²) in [6, 6.07) is -1.19. The van der Waals surface area contributed by atoms with Crippen LogP contribution in [0.3, 0.4) is 0 Å². The van der Waals surface area contributed by atoms with E-state index < -0.39 is 17.9 Å². The number of hydrogen-bond acceptors (Lipinski definition) is 1. The number of halogens is 3. The molecule has 4 heteroatoms. The van der Waals surface area contributed by atoms with Crippen molar-refractivity contribution in [3.63, 3.8) is 0 Å². The molecule has 0 fully saturated rings. The average molecular weight is 125 g/mol. The summed E-state index contributed by atoms with van der Waals surface area (Å²) in [5, 5.41) is 0. The van der Waals surface area contributed by atoms with Crippen molar-refractivity contribution in [2.75, 3.05) is 0 Å². The van der Waals surface area contributed by atoms with Crippen LogP contribution in [0.25, 0.3) is 0 Å². The van der Waals surface area contributed by atoms with Crippen molar-refractivity contribution in [3.8, 4) is 0 Å². The smallest absolute Gasteiger partial charge is 0.303 e. The topological polar surface area (TPSA) is 26.0 Å². The minimum Gasteiger partial charge on any atom is -0.322 e. The third-order valence-corrected chi connectivity index (χ3v) is 0.580. The third-order valence-electron chi connectivity index (χ3n) is 0.580. The van der Waals surface area contributed by atoms with E-state index in [1.54, 1.807) is 0 Å². The van der Waals surface area contributed by atoms with Gasteiger partial charge in [0, 0.05) is 0 Å². The lowest BCUT2D eigenvalue weighted by molar-refractivity contribution is 0.364. The summed E-state index contributed by atoms with van der Waals surface area (Å²) < 4.78 is 33.9. The lowest BCUT2D eigenvalue weighted by Crippen LogP contribution is -2.15. The van der Waals surface area contributed by atoms with Crippen LogP contribution >= 0.6 is 0 Å². The molecule has 1 atom stereocenters. The van der Waals surface area contributed by atoms with Crippen molar-refractivity contribution in [1.29, 1.82) is 0 Å². The number of rotatable bonds is 1. The van der Waals surface area contributed by atoms with Crippen LogP contribution in [-0.4, -0.2) is 6.04 Å². The van der Waals surface area contributed by atoms with Gasteiger partial charge in [0.2, 0.25) is 0 Å². The molecule has 0 heterocycles. The van der Waals surface area contributed by atoms with Crippen LogP contribution in [0.1, 0.15) is 6.92 Å². The van der Waals surface area contributed by atoms with Crippen LogP contribution in [-0.2, 0) is 0 Å². The first-order valence-electron chi connectivity index (χ1n) is 2.02. The van der Waals surface area contributed by atoms with E-state index in [9.17, 15) is 13.2 Å². The van der Waals surface area contributed by atoms with Gasteiger partial charge in [-0.2, -0.15) is 8.78 Å². The van der Waals surface area contributed by atoms with Crippen LogP contribution < -0.4 is 5.73 Å². The average Bonchev–Trinajstić information content (AvgIpc) is 1.64. The van der Waals surface area contributed by atoms with Gasteiger partial charge in [-0.3, -0.25) is 0 Å². The van der Waals surface area contributed by atoms with Gasteiger partial charge in [-0.25, -0.2) is 4.39 Å². The molecule has 2 N–H and O–H groups in total. The Balaban J connectivity index is 4.00. The Kier molecular flexibility index (Phi) is 2.54. The zero-order chi connectivity index (χ0) is 6.73. The summed E-state index contributed by atoms with van der Waals surface area (Å²) in [5.74, 6) is -1.54. The quantitative estimate of drug-likeness (QED) is 0.563. The largest absolute Gasteiger partial charge is 0.322 e. The highest BCUT2D eigenvalue weighted by Gasteiger charge is 2.08. The molecule has 0 radical (unpaired) electrons. The first-order chi connectivity index (χ1) is 3.55. The van der Waals surface area contributed by atoms with E-state index in [-0.39, 0.29) is 0 Å². The van der Waals surface area contributed by atoms with Gasteiger partial charge < -0.3 is 5.73 Å². The number of hydrogen-bond donors (Lipinski definition) is 1. The molecule has 0 spiro atoms.